The predicted octanol–water partition coefficient (Wildman–Crippen LogP) is 4.45. The molecule has 1 heterocycles. The zero-order valence-electron chi connectivity index (χ0n) is 14.5. The predicted molar refractivity (Wildman–Crippen MR) is 89.3 cm³/mol. The second-order valence-electron chi connectivity index (χ2n) is 6.33. The highest BCUT2D eigenvalue weighted by Crippen LogP contribution is 2.32. The number of piperazine rings is 1. The number of hydrogen-bond acceptors (Lipinski definition) is 3. The first-order chi connectivity index (χ1) is 11.9. The molecule has 25 heavy (non-hydrogen) atoms. The fourth-order valence-electron chi connectivity index (χ4n) is 3.13. The van der Waals surface area contributed by atoms with Crippen LogP contribution in [-0.2, 0) is 0 Å². The van der Waals surface area contributed by atoms with E-state index in [9.17, 15) is 17.6 Å². The number of unbranched alkanes of at least 4 members (excludes halogenated alkanes) is 2. The number of ether oxygens (including phenoxy) is 1. The molecule has 0 aromatic heterocycles. The van der Waals surface area contributed by atoms with E-state index < -0.39 is 12.5 Å². The first-order valence-electron chi connectivity index (χ1n) is 8.83. The van der Waals surface area contributed by atoms with E-state index >= 15 is 0 Å². The number of benzene rings is 1. The van der Waals surface area contributed by atoms with E-state index in [2.05, 4.69) is 21.9 Å². The Balaban J connectivity index is 2.16. The van der Waals surface area contributed by atoms with Crippen LogP contribution in [0.15, 0.2) is 24.3 Å². The van der Waals surface area contributed by atoms with Crippen molar-refractivity contribution in [2.75, 3.05) is 26.2 Å². The van der Waals surface area contributed by atoms with Gasteiger partial charge in [-0.25, -0.2) is 0 Å². The highest BCUT2D eigenvalue weighted by Gasteiger charge is 2.44. The molecule has 2 rings (SSSR count). The molecule has 1 saturated heterocycles. The van der Waals surface area contributed by atoms with Gasteiger partial charge >= 0.3 is 12.5 Å². The molecule has 0 spiro atoms. The van der Waals surface area contributed by atoms with Crippen LogP contribution in [0, 0.1) is 0 Å². The SMILES string of the molecule is CCCCC[C@H](c1cccc(OC(F)(F)C(F)F)c1)N1CCNCC1. The summed E-state index contributed by atoms with van der Waals surface area (Å²) in [4.78, 5) is 2.32. The summed E-state index contributed by atoms with van der Waals surface area (Å²) in [5, 5.41) is 3.29. The van der Waals surface area contributed by atoms with Crippen molar-refractivity contribution >= 4 is 0 Å². The Kier molecular flexibility index (Phi) is 7.50. The fraction of sp³-hybridized carbons (Fsp3) is 0.667. The maximum atomic E-state index is 13.2. The quantitative estimate of drug-likeness (QED) is 0.519. The zero-order valence-corrected chi connectivity index (χ0v) is 14.5. The lowest BCUT2D eigenvalue weighted by atomic mass is 9.98. The lowest BCUT2D eigenvalue weighted by molar-refractivity contribution is -0.253. The summed E-state index contributed by atoms with van der Waals surface area (Å²) >= 11 is 0. The van der Waals surface area contributed by atoms with Gasteiger partial charge in [0.05, 0.1) is 0 Å². The lowest BCUT2D eigenvalue weighted by Crippen LogP contribution is -2.45. The molecular weight excluding hydrogens is 336 g/mol. The van der Waals surface area contributed by atoms with E-state index in [0.29, 0.717) is 0 Å². The van der Waals surface area contributed by atoms with Crippen LogP contribution in [0.5, 0.6) is 5.75 Å². The van der Waals surface area contributed by atoms with Crippen LogP contribution in [0.2, 0.25) is 0 Å². The van der Waals surface area contributed by atoms with Gasteiger partial charge < -0.3 is 10.1 Å². The van der Waals surface area contributed by atoms with Crippen molar-refractivity contribution in [1.82, 2.24) is 10.2 Å². The van der Waals surface area contributed by atoms with Crippen LogP contribution in [0.1, 0.15) is 44.2 Å². The molecule has 1 fully saturated rings. The van der Waals surface area contributed by atoms with Gasteiger partial charge in [-0.1, -0.05) is 38.3 Å². The van der Waals surface area contributed by atoms with Crippen LogP contribution in [0.4, 0.5) is 17.6 Å². The Morgan fingerprint density at radius 2 is 1.92 bits per heavy atom. The summed E-state index contributed by atoms with van der Waals surface area (Å²) in [7, 11) is 0. The minimum Gasteiger partial charge on any atom is -0.428 e. The van der Waals surface area contributed by atoms with Crippen molar-refractivity contribution in [2.45, 2.75) is 51.2 Å². The Hall–Kier alpha value is -1.34. The van der Waals surface area contributed by atoms with Crippen molar-refractivity contribution in [2.24, 2.45) is 0 Å². The van der Waals surface area contributed by atoms with Crippen molar-refractivity contribution in [3.05, 3.63) is 29.8 Å². The average Bonchev–Trinajstić information content (AvgIpc) is 2.59. The van der Waals surface area contributed by atoms with E-state index in [0.717, 1.165) is 57.4 Å². The molecule has 0 radical (unpaired) electrons. The highest BCUT2D eigenvalue weighted by molar-refractivity contribution is 5.31. The second kappa shape index (κ2) is 9.38. The molecule has 0 bridgehead atoms. The molecule has 1 aromatic carbocycles. The van der Waals surface area contributed by atoms with E-state index in [-0.39, 0.29) is 11.8 Å². The Morgan fingerprint density at radius 1 is 1.20 bits per heavy atom. The number of halogens is 4. The van der Waals surface area contributed by atoms with Crippen molar-refractivity contribution in [3.8, 4) is 5.75 Å². The molecule has 142 valence electrons. The largest absolute Gasteiger partial charge is 0.461 e. The summed E-state index contributed by atoms with van der Waals surface area (Å²) < 4.78 is 55.3. The van der Waals surface area contributed by atoms with Gasteiger partial charge in [0.25, 0.3) is 0 Å². The summed E-state index contributed by atoms with van der Waals surface area (Å²) in [5.74, 6) is -0.224. The molecule has 0 unspecified atom stereocenters. The summed E-state index contributed by atoms with van der Waals surface area (Å²) in [6.07, 6.45) is -4.21. The van der Waals surface area contributed by atoms with Crippen molar-refractivity contribution < 1.29 is 22.3 Å². The van der Waals surface area contributed by atoms with E-state index in [1.165, 1.54) is 12.1 Å². The first kappa shape index (κ1) is 20.0. The summed E-state index contributed by atoms with van der Waals surface area (Å²) in [6.45, 7) is 5.62. The monoisotopic (exact) mass is 362 g/mol. The Morgan fingerprint density at radius 3 is 2.56 bits per heavy atom. The molecule has 1 aromatic rings. The van der Waals surface area contributed by atoms with Gasteiger partial charge in [0.1, 0.15) is 5.75 Å². The smallest absolute Gasteiger partial charge is 0.428 e. The maximum Gasteiger partial charge on any atom is 0.461 e. The Bertz CT molecular complexity index is 522. The van der Waals surface area contributed by atoms with Crippen molar-refractivity contribution in [1.29, 1.82) is 0 Å². The van der Waals surface area contributed by atoms with E-state index in [1.54, 1.807) is 6.07 Å². The third kappa shape index (κ3) is 5.85. The number of rotatable bonds is 9. The van der Waals surface area contributed by atoms with Crippen LogP contribution in [0.25, 0.3) is 0 Å². The molecule has 1 N–H and O–H groups in total. The van der Waals surface area contributed by atoms with E-state index in [1.807, 2.05) is 6.07 Å². The molecule has 0 saturated carbocycles. The average molecular weight is 362 g/mol. The summed E-state index contributed by atoms with van der Waals surface area (Å²) in [5.41, 5.74) is 0.834. The van der Waals surface area contributed by atoms with Crippen LogP contribution in [-0.4, -0.2) is 43.6 Å². The second-order valence-corrected chi connectivity index (χ2v) is 6.33. The fourth-order valence-corrected chi connectivity index (χ4v) is 3.13. The van der Waals surface area contributed by atoms with Gasteiger partial charge in [-0.15, -0.1) is 0 Å². The molecule has 1 aliphatic heterocycles. The third-order valence-electron chi connectivity index (χ3n) is 4.42. The molecule has 1 atom stereocenters. The lowest BCUT2D eigenvalue weighted by Gasteiger charge is -2.35. The number of hydrogen-bond donors (Lipinski definition) is 1. The highest BCUT2D eigenvalue weighted by atomic mass is 19.3. The van der Waals surface area contributed by atoms with Crippen LogP contribution < -0.4 is 10.1 Å². The topological polar surface area (TPSA) is 24.5 Å². The van der Waals surface area contributed by atoms with E-state index in [4.69, 9.17) is 0 Å². The zero-order chi connectivity index (χ0) is 18.3. The van der Waals surface area contributed by atoms with Crippen LogP contribution >= 0.6 is 0 Å². The molecule has 0 aliphatic carbocycles. The number of nitrogens with one attached hydrogen (secondary N) is 1. The molecular formula is C18H26F4N2O. The Labute approximate surface area is 146 Å². The maximum absolute atomic E-state index is 13.2. The third-order valence-corrected chi connectivity index (χ3v) is 4.42. The molecule has 1 aliphatic rings. The normalized spacial score (nSPS) is 17.7. The minimum atomic E-state index is -4.48. The number of nitrogens with zero attached hydrogens (tertiary/aromatic N) is 1. The van der Waals surface area contributed by atoms with Crippen LogP contribution in [0.3, 0.4) is 0 Å². The molecule has 3 nitrogen and oxygen atoms in total. The van der Waals surface area contributed by atoms with Gasteiger partial charge in [0.2, 0.25) is 0 Å². The van der Waals surface area contributed by atoms with Gasteiger partial charge in [-0.3, -0.25) is 4.90 Å². The number of alkyl halides is 4. The molecule has 7 heteroatoms. The van der Waals surface area contributed by atoms with Gasteiger partial charge in [-0.05, 0) is 24.1 Å². The minimum absolute atomic E-state index is 0.0809. The summed E-state index contributed by atoms with van der Waals surface area (Å²) in [6, 6.07) is 6.28. The van der Waals surface area contributed by atoms with Gasteiger partial charge in [0.15, 0.2) is 0 Å². The standard InChI is InChI=1S/C18H26F4N2O/c1-2-3-4-8-16(24-11-9-23-10-12-24)14-6-5-7-15(13-14)25-18(21,22)17(19)20/h5-7,13,16-17,23H,2-4,8-12H2,1H3/t16-/m1/s1. The molecule has 0 amide bonds. The first-order valence-corrected chi connectivity index (χ1v) is 8.83. The van der Waals surface area contributed by atoms with Gasteiger partial charge in [0, 0.05) is 32.2 Å². The van der Waals surface area contributed by atoms with Gasteiger partial charge in [-0.2, -0.15) is 17.6 Å². The van der Waals surface area contributed by atoms with Crippen molar-refractivity contribution in [3.63, 3.8) is 0 Å².